The van der Waals surface area contributed by atoms with Crippen LogP contribution in [0.4, 0.5) is 13.2 Å². The molecule has 0 aliphatic heterocycles. The SMILES string of the molecule is C=CCOc1ccc(C2CCC(c3ccc(-c4ccc(OCC)cc4)c(F)c3F)CC2)c(F)c1. The molecule has 1 fully saturated rings. The van der Waals surface area contributed by atoms with Gasteiger partial charge in [-0.25, -0.2) is 13.2 Å². The number of halogens is 3. The second-order valence-corrected chi connectivity index (χ2v) is 8.62. The van der Waals surface area contributed by atoms with Gasteiger partial charge >= 0.3 is 0 Å². The van der Waals surface area contributed by atoms with Gasteiger partial charge in [-0.15, -0.1) is 0 Å². The van der Waals surface area contributed by atoms with Crippen molar-refractivity contribution in [1.29, 1.82) is 0 Å². The Balaban J connectivity index is 1.45. The van der Waals surface area contributed by atoms with Gasteiger partial charge in [0.05, 0.1) is 6.61 Å². The zero-order chi connectivity index (χ0) is 24.1. The Kier molecular flexibility index (Phi) is 7.61. The van der Waals surface area contributed by atoms with Crippen molar-refractivity contribution in [2.45, 2.75) is 44.4 Å². The molecule has 0 saturated heterocycles. The quantitative estimate of drug-likeness (QED) is 0.312. The summed E-state index contributed by atoms with van der Waals surface area (Å²) in [6, 6.07) is 15.3. The molecule has 1 aliphatic carbocycles. The van der Waals surface area contributed by atoms with Crippen LogP contribution in [-0.4, -0.2) is 13.2 Å². The highest BCUT2D eigenvalue weighted by Gasteiger charge is 2.28. The highest BCUT2D eigenvalue weighted by molar-refractivity contribution is 5.65. The standard InChI is InChI=1S/C29H29F3O2/c1-3-17-34-23-13-14-24(27(30)18-23)19-5-7-20(8-6-19)25-15-16-26(29(32)28(25)31)21-9-11-22(12-10-21)33-4-2/h3,9-16,18-20H,1,4-8,17H2,2H3. The van der Waals surface area contributed by atoms with Gasteiger partial charge in [0.25, 0.3) is 0 Å². The van der Waals surface area contributed by atoms with Crippen molar-refractivity contribution in [2.75, 3.05) is 13.2 Å². The summed E-state index contributed by atoms with van der Waals surface area (Å²) in [5, 5.41) is 0. The van der Waals surface area contributed by atoms with Gasteiger partial charge in [-0.3, -0.25) is 0 Å². The number of hydrogen-bond donors (Lipinski definition) is 0. The maximum atomic E-state index is 15.1. The van der Waals surface area contributed by atoms with E-state index in [1.54, 1.807) is 54.6 Å². The van der Waals surface area contributed by atoms with Gasteiger partial charge in [0.15, 0.2) is 11.6 Å². The van der Waals surface area contributed by atoms with Crippen molar-refractivity contribution in [2.24, 2.45) is 0 Å². The van der Waals surface area contributed by atoms with Crippen LogP contribution >= 0.6 is 0 Å². The van der Waals surface area contributed by atoms with E-state index in [4.69, 9.17) is 9.47 Å². The van der Waals surface area contributed by atoms with Gasteiger partial charge in [-0.2, -0.15) is 0 Å². The maximum Gasteiger partial charge on any atom is 0.166 e. The molecule has 1 saturated carbocycles. The van der Waals surface area contributed by atoms with E-state index in [-0.39, 0.29) is 23.2 Å². The molecule has 0 atom stereocenters. The van der Waals surface area contributed by atoms with Crippen molar-refractivity contribution in [3.05, 3.63) is 95.8 Å². The molecule has 4 rings (SSSR count). The Morgan fingerprint density at radius 2 is 1.41 bits per heavy atom. The molecule has 178 valence electrons. The van der Waals surface area contributed by atoms with Crippen LogP contribution in [0.2, 0.25) is 0 Å². The summed E-state index contributed by atoms with van der Waals surface area (Å²) >= 11 is 0. The van der Waals surface area contributed by atoms with E-state index < -0.39 is 11.6 Å². The van der Waals surface area contributed by atoms with E-state index >= 15 is 4.39 Å². The predicted molar refractivity (Wildman–Crippen MR) is 129 cm³/mol. The van der Waals surface area contributed by atoms with Crippen LogP contribution < -0.4 is 9.47 Å². The fourth-order valence-corrected chi connectivity index (χ4v) is 4.80. The fourth-order valence-electron chi connectivity index (χ4n) is 4.80. The van der Waals surface area contributed by atoms with Crippen molar-refractivity contribution in [3.63, 3.8) is 0 Å². The third kappa shape index (κ3) is 5.14. The van der Waals surface area contributed by atoms with E-state index in [2.05, 4.69) is 6.58 Å². The molecule has 0 amide bonds. The predicted octanol–water partition coefficient (Wildman–Crippen LogP) is 8.18. The lowest BCUT2D eigenvalue weighted by molar-refractivity contribution is 0.340. The normalized spacial score (nSPS) is 17.9. The largest absolute Gasteiger partial charge is 0.494 e. The topological polar surface area (TPSA) is 18.5 Å². The summed E-state index contributed by atoms with van der Waals surface area (Å²) in [7, 11) is 0. The van der Waals surface area contributed by atoms with Gasteiger partial charge in [0.1, 0.15) is 23.9 Å². The summed E-state index contributed by atoms with van der Waals surface area (Å²) in [6.45, 7) is 6.35. The average Bonchev–Trinajstić information content (AvgIpc) is 2.85. The van der Waals surface area contributed by atoms with Crippen LogP contribution in [-0.2, 0) is 0 Å². The third-order valence-electron chi connectivity index (χ3n) is 6.54. The first-order valence-electron chi connectivity index (χ1n) is 11.8. The minimum atomic E-state index is -0.829. The fraction of sp³-hybridized carbons (Fsp3) is 0.310. The Hall–Kier alpha value is -3.21. The number of hydrogen-bond acceptors (Lipinski definition) is 2. The molecular weight excluding hydrogens is 437 g/mol. The summed E-state index contributed by atoms with van der Waals surface area (Å²) < 4.78 is 55.5. The first-order chi connectivity index (χ1) is 16.5. The van der Waals surface area contributed by atoms with Crippen LogP contribution in [0.25, 0.3) is 11.1 Å². The first kappa shape index (κ1) is 23.9. The lowest BCUT2D eigenvalue weighted by Gasteiger charge is -2.30. The van der Waals surface area contributed by atoms with Gasteiger partial charge in [0, 0.05) is 11.6 Å². The van der Waals surface area contributed by atoms with Crippen molar-refractivity contribution in [3.8, 4) is 22.6 Å². The molecule has 34 heavy (non-hydrogen) atoms. The summed E-state index contributed by atoms with van der Waals surface area (Å²) in [6.07, 6.45) is 4.40. The molecule has 2 nitrogen and oxygen atoms in total. The Labute approximate surface area is 199 Å². The summed E-state index contributed by atoms with van der Waals surface area (Å²) in [5.41, 5.74) is 1.89. The zero-order valence-corrected chi connectivity index (χ0v) is 19.3. The molecule has 0 bridgehead atoms. The van der Waals surface area contributed by atoms with Crippen molar-refractivity contribution >= 4 is 0 Å². The molecular formula is C29H29F3O2. The molecule has 3 aromatic rings. The molecule has 1 aliphatic rings. The Morgan fingerprint density at radius 3 is 2.03 bits per heavy atom. The van der Waals surface area contributed by atoms with Gasteiger partial charge in [-0.05, 0) is 79.3 Å². The molecule has 0 heterocycles. The number of benzene rings is 3. The van der Waals surface area contributed by atoms with Gasteiger partial charge in [0.2, 0.25) is 0 Å². The molecule has 3 aromatic carbocycles. The van der Waals surface area contributed by atoms with E-state index in [0.29, 0.717) is 54.2 Å². The average molecular weight is 467 g/mol. The van der Waals surface area contributed by atoms with E-state index in [1.165, 1.54) is 6.07 Å². The summed E-state index contributed by atoms with van der Waals surface area (Å²) in [4.78, 5) is 0. The second kappa shape index (κ2) is 10.8. The third-order valence-corrected chi connectivity index (χ3v) is 6.54. The van der Waals surface area contributed by atoms with Crippen LogP contribution in [0.1, 0.15) is 55.6 Å². The Bertz CT molecular complexity index is 1130. The van der Waals surface area contributed by atoms with E-state index in [9.17, 15) is 8.78 Å². The van der Waals surface area contributed by atoms with Crippen LogP contribution in [0.5, 0.6) is 11.5 Å². The monoisotopic (exact) mass is 466 g/mol. The minimum absolute atomic E-state index is 0.0562. The molecule has 0 spiro atoms. The minimum Gasteiger partial charge on any atom is -0.494 e. The van der Waals surface area contributed by atoms with Crippen molar-refractivity contribution in [1.82, 2.24) is 0 Å². The molecule has 0 N–H and O–H groups in total. The van der Waals surface area contributed by atoms with Gasteiger partial charge < -0.3 is 9.47 Å². The highest BCUT2D eigenvalue weighted by atomic mass is 19.2. The molecule has 0 radical (unpaired) electrons. The highest BCUT2D eigenvalue weighted by Crippen LogP contribution is 2.43. The zero-order valence-electron chi connectivity index (χ0n) is 19.3. The van der Waals surface area contributed by atoms with Crippen LogP contribution in [0.3, 0.4) is 0 Å². The second-order valence-electron chi connectivity index (χ2n) is 8.62. The lowest BCUT2D eigenvalue weighted by atomic mass is 9.75. The Morgan fingerprint density at radius 1 is 0.794 bits per heavy atom. The molecule has 5 heteroatoms. The first-order valence-corrected chi connectivity index (χ1v) is 11.8. The smallest absolute Gasteiger partial charge is 0.166 e. The maximum absolute atomic E-state index is 15.1. The molecule has 0 aromatic heterocycles. The van der Waals surface area contributed by atoms with Crippen LogP contribution in [0.15, 0.2) is 67.3 Å². The summed E-state index contributed by atoms with van der Waals surface area (Å²) in [5.74, 6) is -0.772. The lowest BCUT2D eigenvalue weighted by Crippen LogP contribution is -2.15. The van der Waals surface area contributed by atoms with E-state index in [0.717, 1.165) is 12.8 Å². The van der Waals surface area contributed by atoms with Gasteiger partial charge in [-0.1, -0.05) is 43.0 Å². The van der Waals surface area contributed by atoms with Crippen molar-refractivity contribution < 1.29 is 22.6 Å². The van der Waals surface area contributed by atoms with Crippen LogP contribution in [0, 0.1) is 17.5 Å². The van der Waals surface area contributed by atoms with E-state index in [1.807, 2.05) is 6.92 Å². The molecule has 0 unspecified atom stereocenters. The number of rotatable bonds is 8. The number of ether oxygens (including phenoxy) is 2.